The summed E-state index contributed by atoms with van der Waals surface area (Å²) in [5, 5.41) is 0. The van der Waals surface area contributed by atoms with Crippen molar-refractivity contribution >= 4 is 12.4 Å². The molecule has 0 spiro atoms. The van der Waals surface area contributed by atoms with E-state index in [2.05, 4.69) is 23.8 Å². The first-order valence-corrected chi connectivity index (χ1v) is 3.06. The zero-order chi connectivity index (χ0) is 6.69. The maximum absolute atomic E-state index is 4.07. The normalized spacial score (nSPS) is 9.10. The third-order valence-corrected chi connectivity index (χ3v) is 1.20. The minimum absolute atomic E-state index is 0. The Hall–Kier alpha value is -0.630. The summed E-state index contributed by atoms with van der Waals surface area (Å²) in [6.07, 6.45) is 3.34. The molecule has 1 rings (SSSR count). The van der Waals surface area contributed by atoms with Gasteiger partial charge in [0.25, 0.3) is 0 Å². The Morgan fingerprint density at radius 2 is 2.10 bits per heavy atom. The van der Waals surface area contributed by atoms with E-state index in [9.17, 15) is 0 Å². The number of hydrogen-bond donors (Lipinski definition) is 0. The van der Waals surface area contributed by atoms with Gasteiger partial charge in [-0.05, 0) is 12.0 Å². The Kier molecular flexibility index (Phi) is 3.96. The van der Waals surface area contributed by atoms with Crippen LogP contribution in [0.25, 0.3) is 0 Å². The Morgan fingerprint density at radius 3 is 2.40 bits per heavy atom. The number of aromatic nitrogens is 2. The van der Waals surface area contributed by atoms with Crippen LogP contribution in [-0.4, -0.2) is 9.97 Å². The fourth-order valence-electron chi connectivity index (χ4n) is 0.642. The first kappa shape index (κ1) is 9.37. The standard InChI is InChI=1S/C7H10N2.ClH/c1-6(2)7-3-4-8-5-9-7;/h3-6H,1-2H3;1H. The molecule has 0 aliphatic heterocycles. The van der Waals surface area contributed by atoms with Gasteiger partial charge in [-0.2, -0.15) is 0 Å². The van der Waals surface area contributed by atoms with Gasteiger partial charge < -0.3 is 0 Å². The van der Waals surface area contributed by atoms with Crippen molar-refractivity contribution in [2.45, 2.75) is 19.8 Å². The van der Waals surface area contributed by atoms with Crippen LogP contribution in [0.1, 0.15) is 25.5 Å². The van der Waals surface area contributed by atoms with Crippen LogP contribution in [0.5, 0.6) is 0 Å². The zero-order valence-electron chi connectivity index (χ0n) is 6.11. The number of halogens is 1. The van der Waals surface area contributed by atoms with Crippen molar-refractivity contribution in [1.29, 1.82) is 0 Å². The molecule has 0 N–H and O–H groups in total. The third-order valence-electron chi connectivity index (χ3n) is 1.20. The topological polar surface area (TPSA) is 25.8 Å². The van der Waals surface area contributed by atoms with Crippen molar-refractivity contribution in [1.82, 2.24) is 9.97 Å². The maximum Gasteiger partial charge on any atom is 0.115 e. The van der Waals surface area contributed by atoms with Gasteiger partial charge in [0.1, 0.15) is 6.33 Å². The fraction of sp³-hybridized carbons (Fsp3) is 0.429. The van der Waals surface area contributed by atoms with E-state index in [0.29, 0.717) is 5.92 Å². The summed E-state index contributed by atoms with van der Waals surface area (Å²) in [6.45, 7) is 4.23. The van der Waals surface area contributed by atoms with Gasteiger partial charge in [0.15, 0.2) is 0 Å². The van der Waals surface area contributed by atoms with Crippen LogP contribution in [-0.2, 0) is 0 Å². The largest absolute Gasteiger partial charge is 0.245 e. The third kappa shape index (κ3) is 2.31. The smallest absolute Gasteiger partial charge is 0.115 e. The van der Waals surface area contributed by atoms with E-state index in [1.165, 1.54) is 0 Å². The summed E-state index contributed by atoms with van der Waals surface area (Å²) in [6, 6.07) is 1.94. The van der Waals surface area contributed by atoms with E-state index in [0.717, 1.165) is 5.69 Å². The molecule has 0 atom stereocenters. The zero-order valence-corrected chi connectivity index (χ0v) is 6.93. The van der Waals surface area contributed by atoms with E-state index in [1.807, 2.05) is 6.07 Å². The van der Waals surface area contributed by atoms with Crippen LogP contribution >= 0.6 is 12.4 Å². The molecule has 0 radical (unpaired) electrons. The van der Waals surface area contributed by atoms with Gasteiger partial charge in [0.05, 0.1) is 0 Å². The molecule has 1 aromatic rings. The van der Waals surface area contributed by atoms with Crippen molar-refractivity contribution in [3.8, 4) is 0 Å². The summed E-state index contributed by atoms with van der Waals surface area (Å²) in [5.41, 5.74) is 1.10. The van der Waals surface area contributed by atoms with E-state index in [1.54, 1.807) is 12.5 Å². The highest BCUT2D eigenvalue weighted by Crippen LogP contribution is 2.07. The maximum atomic E-state index is 4.07. The molecule has 0 amide bonds. The van der Waals surface area contributed by atoms with Crippen LogP contribution in [0.3, 0.4) is 0 Å². The molecular weight excluding hydrogens is 148 g/mol. The molecular formula is C7H11ClN2. The molecule has 1 heterocycles. The van der Waals surface area contributed by atoms with Crippen molar-refractivity contribution in [3.63, 3.8) is 0 Å². The lowest BCUT2D eigenvalue weighted by Gasteiger charge is -1.99. The summed E-state index contributed by atoms with van der Waals surface area (Å²) in [7, 11) is 0. The van der Waals surface area contributed by atoms with Gasteiger partial charge in [-0.15, -0.1) is 12.4 Å². The predicted octanol–water partition coefficient (Wildman–Crippen LogP) is 2.02. The molecule has 3 heteroatoms. The molecule has 0 aliphatic rings. The molecule has 0 saturated carbocycles. The number of hydrogen-bond acceptors (Lipinski definition) is 2. The van der Waals surface area contributed by atoms with Gasteiger partial charge in [0.2, 0.25) is 0 Å². The van der Waals surface area contributed by atoms with Crippen LogP contribution in [0.15, 0.2) is 18.6 Å². The van der Waals surface area contributed by atoms with E-state index >= 15 is 0 Å². The Balaban J connectivity index is 0.000000810. The average molecular weight is 159 g/mol. The van der Waals surface area contributed by atoms with Crippen molar-refractivity contribution in [2.24, 2.45) is 0 Å². The molecule has 0 aliphatic carbocycles. The highest BCUT2D eigenvalue weighted by atomic mass is 35.5. The van der Waals surface area contributed by atoms with Crippen molar-refractivity contribution < 1.29 is 0 Å². The molecule has 0 aromatic carbocycles. The van der Waals surface area contributed by atoms with Gasteiger partial charge >= 0.3 is 0 Å². The first-order chi connectivity index (χ1) is 4.30. The van der Waals surface area contributed by atoms with Crippen molar-refractivity contribution in [3.05, 3.63) is 24.3 Å². The molecule has 1 aromatic heterocycles. The Bertz CT molecular complexity index is 174. The van der Waals surface area contributed by atoms with Gasteiger partial charge in [-0.1, -0.05) is 13.8 Å². The molecule has 0 unspecified atom stereocenters. The van der Waals surface area contributed by atoms with E-state index < -0.39 is 0 Å². The SMILES string of the molecule is CC(C)c1ccncn1.Cl. The molecule has 0 fully saturated rings. The number of nitrogens with zero attached hydrogens (tertiary/aromatic N) is 2. The van der Waals surface area contributed by atoms with Gasteiger partial charge in [-0.25, -0.2) is 9.97 Å². The quantitative estimate of drug-likeness (QED) is 0.625. The first-order valence-electron chi connectivity index (χ1n) is 3.06. The van der Waals surface area contributed by atoms with Crippen LogP contribution in [0.2, 0.25) is 0 Å². The van der Waals surface area contributed by atoms with E-state index in [4.69, 9.17) is 0 Å². The number of rotatable bonds is 1. The summed E-state index contributed by atoms with van der Waals surface area (Å²) < 4.78 is 0. The average Bonchev–Trinajstić information content (AvgIpc) is 1.90. The molecule has 56 valence electrons. The summed E-state index contributed by atoms with van der Waals surface area (Å²) in [5.74, 6) is 0.507. The summed E-state index contributed by atoms with van der Waals surface area (Å²) >= 11 is 0. The second-order valence-corrected chi connectivity index (χ2v) is 2.29. The second kappa shape index (κ2) is 4.23. The molecule has 2 nitrogen and oxygen atoms in total. The summed E-state index contributed by atoms with van der Waals surface area (Å²) in [4.78, 5) is 7.88. The van der Waals surface area contributed by atoms with Crippen LogP contribution in [0, 0.1) is 0 Å². The Morgan fingerprint density at radius 1 is 1.40 bits per heavy atom. The fourth-order valence-corrected chi connectivity index (χ4v) is 0.642. The lowest BCUT2D eigenvalue weighted by Crippen LogP contribution is -1.90. The second-order valence-electron chi connectivity index (χ2n) is 2.29. The van der Waals surface area contributed by atoms with Gasteiger partial charge in [0, 0.05) is 11.9 Å². The van der Waals surface area contributed by atoms with Crippen molar-refractivity contribution in [2.75, 3.05) is 0 Å². The monoisotopic (exact) mass is 158 g/mol. The highest BCUT2D eigenvalue weighted by molar-refractivity contribution is 5.85. The highest BCUT2D eigenvalue weighted by Gasteiger charge is 1.95. The van der Waals surface area contributed by atoms with E-state index in [-0.39, 0.29) is 12.4 Å². The minimum atomic E-state index is 0. The molecule has 0 bridgehead atoms. The minimum Gasteiger partial charge on any atom is -0.245 e. The lowest BCUT2D eigenvalue weighted by molar-refractivity contribution is 0.814. The Labute approximate surface area is 67.1 Å². The molecule has 0 saturated heterocycles. The predicted molar refractivity (Wildman–Crippen MR) is 43.4 cm³/mol. The van der Waals surface area contributed by atoms with Gasteiger partial charge in [-0.3, -0.25) is 0 Å². The van der Waals surface area contributed by atoms with Crippen LogP contribution in [0.4, 0.5) is 0 Å². The molecule has 10 heavy (non-hydrogen) atoms. The lowest BCUT2D eigenvalue weighted by atomic mass is 10.1. The van der Waals surface area contributed by atoms with Crippen LogP contribution < -0.4 is 0 Å².